The number of hydrogen-bond donors (Lipinski definition) is 0. The number of para-hydroxylation sites is 2. The number of aromatic nitrogens is 1. The molecule has 0 spiro atoms. The molecule has 2 aliphatic heterocycles. The smallest absolute Gasteiger partial charge is 0.278 e. The molecule has 1 atom stereocenters. The molecule has 2 aliphatic rings. The normalized spacial score (nSPS) is 18.5. The summed E-state index contributed by atoms with van der Waals surface area (Å²) in [6.07, 6.45) is 0.678. The summed E-state index contributed by atoms with van der Waals surface area (Å²) in [5, 5.41) is 1.10. The summed E-state index contributed by atoms with van der Waals surface area (Å²) in [4.78, 5) is 19.2. The van der Waals surface area contributed by atoms with Crippen molar-refractivity contribution in [2.75, 3.05) is 0 Å². The minimum Gasteiger partial charge on any atom is -0.278 e. The van der Waals surface area contributed by atoms with Crippen molar-refractivity contribution in [3.8, 4) is 11.1 Å². The van der Waals surface area contributed by atoms with Crippen LogP contribution in [0.4, 0.5) is 5.69 Å². The van der Waals surface area contributed by atoms with Crippen LogP contribution >= 0.6 is 0 Å². The van der Waals surface area contributed by atoms with Gasteiger partial charge in [0.15, 0.2) is 0 Å². The Morgan fingerprint density at radius 1 is 0.727 bits per heavy atom. The van der Waals surface area contributed by atoms with Crippen LogP contribution in [0.15, 0.2) is 114 Å². The van der Waals surface area contributed by atoms with E-state index < -0.39 is 5.41 Å². The number of nitrogens with zero attached hydrogens (tertiary/aromatic N) is 2. The molecule has 0 bridgehead atoms. The molecule has 3 nitrogen and oxygen atoms in total. The standard InChI is InChI=1S/C30H20N2O/c33-29-28-30(21-13-5-2-6-14-21,23-16-8-9-17-24(23)31-28)19-26-27(20-11-3-1-4-12-20)22-15-7-10-18-25(22)32(26)29/h1-18H,19H2. The van der Waals surface area contributed by atoms with Crippen LogP contribution in [0.5, 0.6) is 0 Å². The van der Waals surface area contributed by atoms with E-state index in [4.69, 9.17) is 4.99 Å². The van der Waals surface area contributed by atoms with Crippen molar-refractivity contribution in [2.45, 2.75) is 11.8 Å². The van der Waals surface area contributed by atoms with Crippen LogP contribution in [0.25, 0.3) is 22.0 Å². The van der Waals surface area contributed by atoms with Gasteiger partial charge in [-0.1, -0.05) is 97.1 Å². The van der Waals surface area contributed by atoms with Gasteiger partial charge in [-0.2, -0.15) is 0 Å². The lowest BCUT2D eigenvalue weighted by molar-refractivity contribution is 0.0978. The molecule has 0 aliphatic carbocycles. The molecule has 5 aromatic rings. The predicted octanol–water partition coefficient (Wildman–Crippen LogP) is 6.58. The van der Waals surface area contributed by atoms with Crippen molar-refractivity contribution >= 4 is 28.2 Å². The number of carbonyl (C=O) groups is 1. The quantitative estimate of drug-likeness (QED) is 0.315. The topological polar surface area (TPSA) is 34.4 Å². The van der Waals surface area contributed by atoms with Crippen molar-refractivity contribution < 1.29 is 4.79 Å². The summed E-state index contributed by atoms with van der Waals surface area (Å²) >= 11 is 0. The highest BCUT2D eigenvalue weighted by Gasteiger charge is 2.52. The largest absolute Gasteiger partial charge is 0.278 e. The zero-order valence-corrected chi connectivity index (χ0v) is 17.9. The summed E-state index contributed by atoms with van der Waals surface area (Å²) in [6, 6.07) is 37.2. The number of fused-ring (bicyclic) bond motifs is 6. The van der Waals surface area contributed by atoms with Gasteiger partial charge in [0.2, 0.25) is 0 Å². The summed E-state index contributed by atoms with van der Waals surface area (Å²) in [7, 11) is 0. The monoisotopic (exact) mass is 424 g/mol. The predicted molar refractivity (Wildman–Crippen MR) is 132 cm³/mol. The van der Waals surface area contributed by atoms with Crippen molar-refractivity contribution in [1.29, 1.82) is 0 Å². The molecule has 0 radical (unpaired) electrons. The van der Waals surface area contributed by atoms with Gasteiger partial charge in [0.1, 0.15) is 5.71 Å². The Bertz CT molecular complexity index is 1600. The average molecular weight is 425 g/mol. The van der Waals surface area contributed by atoms with Gasteiger partial charge < -0.3 is 0 Å². The fraction of sp³-hybridized carbons (Fsp3) is 0.0667. The first-order chi connectivity index (χ1) is 16.3. The summed E-state index contributed by atoms with van der Waals surface area (Å²) in [6.45, 7) is 0. The first kappa shape index (κ1) is 18.3. The second-order valence-corrected chi connectivity index (χ2v) is 8.77. The first-order valence-electron chi connectivity index (χ1n) is 11.3. The molecule has 0 fully saturated rings. The fourth-order valence-electron chi connectivity index (χ4n) is 5.78. The Morgan fingerprint density at radius 2 is 1.39 bits per heavy atom. The van der Waals surface area contributed by atoms with Crippen molar-refractivity contribution in [1.82, 2.24) is 4.57 Å². The molecule has 156 valence electrons. The summed E-state index contributed by atoms with van der Waals surface area (Å²) in [5.41, 5.74) is 7.38. The molecule has 0 saturated carbocycles. The van der Waals surface area contributed by atoms with Crippen LogP contribution < -0.4 is 0 Å². The molecule has 0 N–H and O–H groups in total. The lowest BCUT2D eigenvalue weighted by Gasteiger charge is -2.36. The van der Waals surface area contributed by atoms with Crippen molar-refractivity contribution in [3.05, 3.63) is 126 Å². The van der Waals surface area contributed by atoms with E-state index in [0.717, 1.165) is 44.5 Å². The Morgan fingerprint density at radius 3 is 2.21 bits per heavy atom. The molecular weight excluding hydrogens is 404 g/mol. The number of hydrogen-bond acceptors (Lipinski definition) is 2. The molecule has 0 saturated heterocycles. The third-order valence-corrected chi connectivity index (χ3v) is 7.14. The third kappa shape index (κ3) is 2.34. The minimum absolute atomic E-state index is 0.0327. The second kappa shape index (κ2) is 6.63. The maximum atomic E-state index is 14.2. The van der Waals surface area contributed by atoms with E-state index in [1.54, 1.807) is 0 Å². The number of rotatable bonds is 2. The molecule has 7 rings (SSSR count). The lowest BCUT2D eigenvalue weighted by atomic mass is 9.67. The molecule has 33 heavy (non-hydrogen) atoms. The van der Waals surface area contributed by atoms with Gasteiger partial charge in [-0.05, 0) is 28.8 Å². The Hall–Kier alpha value is -4.24. The Kier molecular flexibility index (Phi) is 3.68. The lowest BCUT2D eigenvalue weighted by Crippen LogP contribution is -2.48. The van der Waals surface area contributed by atoms with E-state index in [1.165, 1.54) is 0 Å². The highest BCUT2D eigenvalue weighted by molar-refractivity contribution is 6.47. The molecule has 1 aromatic heterocycles. The third-order valence-electron chi connectivity index (χ3n) is 7.14. The zero-order chi connectivity index (χ0) is 22.0. The minimum atomic E-state index is -0.594. The van der Waals surface area contributed by atoms with Gasteiger partial charge in [-0.3, -0.25) is 9.36 Å². The van der Waals surface area contributed by atoms with Gasteiger partial charge in [0, 0.05) is 23.1 Å². The van der Waals surface area contributed by atoms with Crippen LogP contribution in [0, 0.1) is 0 Å². The van der Waals surface area contributed by atoms with E-state index in [9.17, 15) is 4.79 Å². The SMILES string of the molecule is O=C1C2=Nc3ccccc3C2(c2ccccc2)Cc2c(-c3ccccc3)c3ccccc3n21. The van der Waals surface area contributed by atoms with E-state index in [0.29, 0.717) is 12.1 Å². The van der Waals surface area contributed by atoms with Gasteiger partial charge >= 0.3 is 0 Å². The van der Waals surface area contributed by atoms with Crippen LogP contribution in [0.3, 0.4) is 0 Å². The van der Waals surface area contributed by atoms with Gasteiger partial charge in [-0.15, -0.1) is 0 Å². The van der Waals surface area contributed by atoms with E-state index in [2.05, 4.69) is 66.7 Å². The van der Waals surface area contributed by atoms with Gasteiger partial charge in [0.05, 0.1) is 16.6 Å². The van der Waals surface area contributed by atoms with Crippen molar-refractivity contribution in [2.24, 2.45) is 4.99 Å². The second-order valence-electron chi connectivity index (χ2n) is 8.77. The van der Waals surface area contributed by atoms with E-state index in [-0.39, 0.29) is 5.91 Å². The number of benzene rings is 4. The van der Waals surface area contributed by atoms with Crippen molar-refractivity contribution in [3.63, 3.8) is 0 Å². The molecule has 4 aromatic carbocycles. The zero-order valence-electron chi connectivity index (χ0n) is 17.9. The summed E-state index contributed by atoms with van der Waals surface area (Å²) < 4.78 is 1.91. The number of carbonyl (C=O) groups excluding carboxylic acids is 1. The highest BCUT2D eigenvalue weighted by Crippen LogP contribution is 2.51. The molecular formula is C30H20N2O. The fourth-order valence-corrected chi connectivity index (χ4v) is 5.78. The van der Waals surface area contributed by atoms with E-state index in [1.807, 2.05) is 47.0 Å². The van der Waals surface area contributed by atoms with Gasteiger partial charge in [-0.25, -0.2) is 4.99 Å². The summed E-state index contributed by atoms with van der Waals surface area (Å²) in [5.74, 6) is -0.0327. The maximum absolute atomic E-state index is 14.2. The Balaban J connectivity index is 1.61. The maximum Gasteiger partial charge on any atom is 0.278 e. The Labute approximate surface area is 191 Å². The van der Waals surface area contributed by atoms with Gasteiger partial charge in [0.25, 0.3) is 5.91 Å². The van der Waals surface area contributed by atoms with Crippen LogP contribution in [-0.2, 0) is 11.8 Å². The molecule has 3 heterocycles. The molecule has 1 unspecified atom stereocenters. The van der Waals surface area contributed by atoms with Crippen LogP contribution in [0.2, 0.25) is 0 Å². The average Bonchev–Trinajstić information content (AvgIpc) is 3.39. The van der Waals surface area contributed by atoms with E-state index >= 15 is 0 Å². The number of aliphatic imine (C=N–C) groups is 1. The molecule has 0 amide bonds. The highest BCUT2D eigenvalue weighted by atomic mass is 16.2. The molecule has 3 heteroatoms. The van der Waals surface area contributed by atoms with Crippen LogP contribution in [0.1, 0.15) is 21.6 Å². The first-order valence-corrected chi connectivity index (χ1v) is 11.3. The van der Waals surface area contributed by atoms with Crippen LogP contribution in [-0.4, -0.2) is 16.2 Å².